The van der Waals surface area contributed by atoms with Gasteiger partial charge in [-0.3, -0.25) is 14.4 Å². The van der Waals surface area contributed by atoms with E-state index in [2.05, 4.69) is 15.8 Å². The maximum Gasteiger partial charge on any atom is 0.317 e. The summed E-state index contributed by atoms with van der Waals surface area (Å²) in [6.07, 6.45) is 0.836. The van der Waals surface area contributed by atoms with Crippen LogP contribution in [0.15, 0.2) is 35.4 Å². The van der Waals surface area contributed by atoms with Gasteiger partial charge in [0, 0.05) is 25.1 Å². The van der Waals surface area contributed by atoms with Crippen molar-refractivity contribution >= 4 is 35.8 Å². The number of carbonyl (C=O) groups is 3. The number of aliphatic carboxylic acids is 1. The molecular weight excluding hydrogens is 396 g/mol. The van der Waals surface area contributed by atoms with Gasteiger partial charge in [-0.25, -0.2) is 0 Å². The summed E-state index contributed by atoms with van der Waals surface area (Å²) in [6, 6.07) is 7.66. The maximum absolute atomic E-state index is 12.5. The fourth-order valence-corrected chi connectivity index (χ4v) is 4.71. The second kappa shape index (κ2) is 8.83. The summed E-state index contributed by atoms with van der Waals surface area (Å²) in [7, 11) is 0. The molecule has 3 rings (SSSR count). The van der Waals surface area contributed by atoms with Crippen molar-refractivity contribution in [3.63, 3.8) is 0 Å². The zero-order valence-electron chi connectivity index (χ0n) is 15.9. The number of β-lactam (4-membered cyclic amide) rings is 1. The topological polar surface area (TPSA) is 131 Å². The number of hydrazone groups is 1. The molecule has 2 saturated heterocycles. The smallest absolute Gasteiger partial charge is 0.317 e. The van der Waals surface area contributed by atoms with Gasteiger partial charge in [-0.15, -0.1) is 11.8 Å². The first-order valence-corrected chi connectivity index (χ1v) is 10.4. The Labute approximate surface area is 172 Å². The third kappa shape index (κ3) is 4.23. The second-order valence-corrected chi connectivity index (χ2v) is 8.20. The Kier molecular flexibility index (Phi) is 6.43. The Hall–Kier alpha value is -2.59. The van der Waals surface area contributed by atoms with Gasteiger partial charge in [0.15, 0.2) is 6.10 Å². The molecule has 156 valence electrons. The number of amides is 2. The number of nitrogens with one attached hydrogen (secondary N) is 2. The van der Waals surface area contributed by atoms with Gasteiger partial charge in [0.05, 0.1) is 0 Å². The van der Waals surface area contributed by atoms with Crippen LogP contribution in [0.5, 0.6) is 0 Å². The van der Waals surface area contributed by atoms with Crippen molar-refractivity contribution in [1.82, 2.24) is 15.6 Å². The van der Waals surface area contributed by atoms with Gasteiger partial charge in [0.2, 0.25) is 5.91 Å². The molecule has 3 unspecified atom stereocenters. The SMILES string of the molecule is CCCNN=CC1(C(=O)O)CS[C@@H]2C(NC(=O)C(O)c3ccccc3)C(=O)N2C1. The highest BCUT2D eigenvalue weighted by atomic mass is 32.2. The highest BCUT2D eigenvalue weighted by molar-refractivity contribution is 8.00. The van der Waals surface area contributed by atoms with Crippen molar-refractivity contribution in [1.29, 1.82) is 0 Å². The van der Waals surface area contributed by atoms with Crippen molar-refractivity contribution in [2.45, 2.75) is 30.9 Å². The molecule has 1 aromatic carbocycles. The molecule has 0 saturated carbocycles. The Morgan fingerprint density at radius 2 is 2.14 bits per heavy atom. The molecule has 10 heteroatoms. The van der Waals surface area contributed by atoms with Crippen LogP contribution in [0.25, 0.3) is 0 Å². The van der Waals surface area contributed by atoms with E-state index < -0.39 is 29.4 Å². The lowest BCUT2D eigenvalue weighted by Crippen LogP contribution is -2.74. The molecule has 2 fully saturated rings. The highest BCUT2D eigenvalue weighted by Gasteiger charge is 2.57. The third-order valence-electron chi connectivity index (χ3n) is 4.96. The standard InChI is InChI=1S/C19H24N4O5S/c1-2-8-20-21-9-19(18(27)28)10-23-16(26)13(17(23)29-11-19)22-15(25)14(24)12-6-4-3-5-7-12/h3-7,9,13-14,17,20,24H,2,8,10-11H2,1H3,(H,22,25)(H,27,28)/t13?,14?,17-,19?/m1/s1. The molecule has 0 aromatic heterocycles. The number of carboxylic acid groups (broad SMARTS) is 1. The number of carbonyl (C=O) groups excluding carboxylic acids is 2. The van der Waals surface area contributed by atoms with Crippen molar-refractivity contribution in [2.75, 3.05) is 18.8 Å². The third-order valence-corrected chi connectivity index (χ3v) is 6.51. The van der Waals surface area contributed by atoms with E-state index in [0.717, 1.165) is 6.42 Å². The van der Waals surface area contributed by atoms with Crippen LogP contribution in [0, 0.1) is 5.41 Å². The largest absolute Gasteiger partial charge is 0.480 e. The first kappa shape index (κ1) is 21.1. The van der Waals surface area contributed by atoms with E-state index in [1.807, 2.05) is 6.92 Å². The molecule has 2 heterocycles. The number of benzene rings is 1. The molecule has 2 amide bonds. The summed E-state index contributed by atoms with van der Waals surface area (Å²) in [4.78, 5) is 38.2. The van der Waals surface area contributed by atoms with Crippen LogP contribution in [-0.4, -0.2) is 69.4 Å². The zero-order chi connectivity index (χ0) is 21.0. The summed E-state index contributed by atoms with van der Waals surface area (Å²) in [5.41, 5.74) is 1.94. The van der Waals surface area contributed by atoms with Gasteiger partial charge < -0.3 is 25.9 Å². The molecule has 0 spiro atoms. The average molecular weight is 420 g/mol. The van der Waals surface area contributed by atoms with E-state index in [0.29, 0.717) is 12.1 Å². The van der Waals surface area contributed by atoms with Gasteiger partial charge in [0.1, 0.15) is 16.8 Å². The van der Waals surface area contributed by atoms with E-state index in [1.165, 1.54) is 22.9 Å². The molecule has 9 nitrogen and oxygen atoms in total. The van der Waals surface area contributed by atoms with Crippen LogP contribution >= 0.6 is 11.8 Å². The Morgan fingerprint density at radius 1 is 1.41 bits per heavy atom. The summed E-state index contributed by atoms with van der Waals surface area (Å²) in [5.74, 6) is -1.85. The Bertz CT molecular complexity index is 805. The first-order chi connectivity index (χ1) is 13.9. The first-order valence-electron chi connectivity index (χ1n) is 9.35. The Balaban J connectivity index is 1.63. The lowest BCUT2D eigenvalue weighted by Gasteiger charge is -2.53. The van der Waals surface area contributed by atoms with E-state index in [9.17, 15) is 24.6 Å². The lowest BCUT2D eigenvalue weighted by molar-refractivity contribution is -0.156. The molecule has 0 radical (unpaired) electrons. The van der Waals surface area contributed by atoms with Crippen molar-refractivity contribution < 1.29 is 24.6 Å². The Morgan fingerprint density at radius 3 is 2.79 bits per heavy atom. The van der Waals surface area contributed by atoms with Crippen LogP contribution in [-0.2, 0) is 14.4 Å². The van der Waals surface area contributed by atoms with Gasteiger partial charge >= 0.3 is 5.97 Å². The van der Waals surface area contributed by atoms with E-state index in [1.54, 1.807) is 30.3 Å². The van der Waals surface area contributed by atoms with Gasteiger partial charge in [0.25, 0.3) is 5.91 Å². The molecule has 1 aromatic rings. The molecular formula is C19H24N4O5S. The fourth-order valence-electron chi connectivity index (χ4n) is 3.22. The van der Waals surface area contributed by atoms with Crippen molar-refractivity contribution in [2.24, 2.45) is 10.5 Å². The fraction of sp³-hybridized carbons (Fsp3) is 0.474. The number of rotatable bonds is 8. The minimum Gasteiger partial charge on any atom is -0.480 e. The van der Waals surface area contributed by atoms with Crippen LogP contribution in [0.2, 0.25) is 0 Å². The molecule has 2 aliphatic rings. The van der Waals surface area contributed by atoms with Crippen molar-refractivity contribution in [3.05, 3.63) is 35.9 Å². The summed E-state index contributed by atoms with van der Waals surface area (Å²) < 4.78 is 0. The summed E-state index contributed by atoms with van der Waals surface area (Å²) >= 11 is 1.28. The van der Waals surface area contributed by atoms with Gasteiger partial charge in [-0.1, -0.05) is 37.3 Å². The lowest BCUT2D eigenvalue weighted by atomic mass is 9.88. The quantitative estimate of drug-likeness (QED) is 0.204. The number of aliphatic hydroxyl groups excluding tert-OH is 1. The minimum absolute atomic E-state index is 0.0102. The van der Waals surface area contributed by atoms with Crippen LogP contribution < -0.4 is 10.7 Å². The molecule has 4 atom stereocenters. The number of nitrogens with zero attached hydrogens (tertiary/aromatic N) is 2. The van der Waals surface area contributed by atoms with Crippen LogP contribution in [0.4, 0.5) is 0 Å². The van der Waals surface area contributed by atoms with E-state index in [-0.39, 0.29) is 23.6 Å². The molecule has 0 aliphatic carbocycles. The predicted molar refractivity (Wildman–Crippen MR) is 108 cm³/mol. The second-order valence-electron chi connectivity index (χ2n) is 7.09. The molecule has 2 aliphatic heterocycles. The van der Waals surface area contributed by atoms with Crippen molar-refractivity contribution in [3.8, 4) is 0 Å². The summed E-state index contributed by atoms with van der Waals surface area (Å²) in [6.45, 7) is 2.59. The van der Waals surface area contributed by atoms with Gasteiger partial charge in [-0.2, -0.15) is 5.10 Å². The number of thioether (sulfide) groups is 1. The minimum atomic E-state index is -1.37. The van der Waals surface area contributed by atoms with Crippen LogP contribution in [0.1, 0.15) is 25.0 Å². The molecule has 29 heavy (non-hydrogen) atoms. The molecule has 4 N–H and O–H groups in total. The highest BCUT2D eigenvalue weighted by Crippen LogP contribution is 2.41. The number of aliphatic hydroxyl groups is 1. The molecule has 0 bridgehead atoms. The van der Waals surface area contributed by atoms with Gasteiger partial charge in [-0.05, 0) is 12.0 Å². The number of fused-ring (bicyclic) bond motifs is 1. The van der Waals surface area contributed by atoms with E-state index in [4.69, 9.17) is 0 Å². The predicted octanol–water partition coefficient (Wildman–Crippen LogP) is 0.176. The maximum atomic E-state index is 12.5. The summed E-state index contributed by atoms with van der Waals surface area (Å²) in [5, 5.41) is 26.1. The average Bonchev–Trinajstić information content (AvgIpc) is 2.74. The van der Waals surface area contributed by atoms with E-state index >= 15 is 0 Å². The zero-order valence-corrected chi connectivity index (χ0v) is 16.8. The number of carboxylic acids is 1. The normalized spacial score (nSPS) is 27.1. The monoisotopic (exact) mass is 420 g/mol. The number of hydrogen-bond acceptors (Lipinski definition) is 7. The van der Waals surface area contributed by atoms with Crippen LogP contribution in [0.3, 0.4) is 0 Å². The number of hydrogen-bond donors (Lipinski definition) is 4.